The fraction of sp³-hybridized carbons (Fsp3) is 0.591. The molecule has 0 amide bonds. The van der Waals surface area contributed by atoms with Gasteiger partial charge >= 0.3 is 17.9 Å². The first-order chi connectivity index (χ1) is 14.2. The average molecular weight is 430 g/mol. The van der Waals surface area contributed by atoms with Crippen LogP contribution in [0.15, 0.2) is 37.5 Å². The molecule has 0 bridgehead atoms. The summed E-state index contributed by atoms with van der Waals surface area (Å²) in [5, 5.41) is 19.3. The predicted molar refractivity (Wildman–Crippen MR) is 118 cm³/mol. The van der Waals surface area contributed by atoms with Crippen LogP contribution in [-0.2, 0) is 23.9 Å². The lowest BCUT2D eigenvalue weighted by atomic mass is 10.1. The van der Waals surface area contributed by atoms with Crippen molar-refractivity contribution in [3.63, 3.8) is 0 Å². The molecule has 174 valence electrons. The lowest BCUT2D eigenvalue weighted by Crippen LogP contribution is -2.22. The number of hydrogen-bond donors (Lipinski definition) is 3. The van der Waals surface area contributed by atoms with Gasteiger partial charge in [0.2, 0.25) is 0 Å². The highest BCUT2D eigenvalue weighted by molar-refractivity contribution is 5.86. The lowest BCUT2D eigenvalue weighted by molar-refractivity contribution is -0.143. The number of esters is 2. The molecule has 0 saturated carbocycles. The van der Waals surface area contributed by atoms with Crippen LogP contribution in [0.1, 0.15) is 52.9 Å². The zero-order valence-electron chi connectivity index (χ0n) is 18.7. The van der Waals surface area contributed by atoms with Gasteiger partial charge in [0.1, 0.15) is 12.7 Å². The fourth-order valence-corrected chi connectivity index (χ4v) is 1.64. The number of nitrogens with one attached hydrogen (secondary N) is 1. The van der Waals surface area contributed by atoms with Crippen LogP contribution in [0, 0.1) is 0 Å². The Morgan fingerprint density at radius 1 is 1.10 bits per heavy atom. The predicted octanol–water partition coefficient (Wildman–Crippen LogP) is 3.02. The Kier molecular flexibility index (Phi) is 26.4. The van der Waals surface area contributed by atoms with Crippen LogP contribution in [0.5, 0.6) is 0 Å². The standard InChI is InChI=1S/C10H19NO2.C9H16O3.C3H4O2/c1-4-5-6-11-7-8-13-10(12)9(2)3;1-3-8(6-5-7-10)12-9(11)4-2;1-2-3(4)5/h11H,2,4-8H2,1,3H3;4,8,10H,2-3,5-7H2,1H3;2H,1H2,(H,4,5). The van der Waals surface area contributed by atoms with E-state index in [-0.39, 0.29) is 24.6 Å². The van der Waals surface area contributed by atoms with Gasteiger partial charge < -0.3 is 25.0 Å². The molecular formula is C22H39NO7. The van der Waals surface area contributed by atoms with Crippen molar-refractivity contribution < 1.29 is 34.1 Å². The smallest absolute Gasteiger partial charge is 0.333 e. The van der Waals surface area contributed by atoms with Gasteiger partial charge in [0.25, 0.3) is 0 Å². The molecule has 3 N–H and O–H groups in total. The molecule has 0 aliphatic rings. The number of aliphatic carboxylic acids is 1. The van der Waals surface area contributed by atoms with E-state index in [1.54, 1.807) is 6.92 Å². The van der Waals surface area contributed by atoms with Gasteiger partial charge in [0.15, 0.2) is 0 Å². The zero-order valence-corrected chi connectivity index (χ0v) is 18.7. The van der Waals surface area contributed by atoms with Crippen molar-refractivity contribution in [1.29, 1.82) is 0 Å². The molecule has 0 saturated heterocycles. The van der Waals surface area contributed by atoms with Crippen molar-refractivity contribution in [2.75, 3.05) is 26.3 Å². The first-order valence-electron chi connectivity index (χ1n) is 10.0. The molecule has 0 heterocycles. The van der Waals surface area contributed by atoms with E-state index in [1.807, 2.05) is 6.92 Å². The van der Waals surface area contributed by atoms with Gasteiger partial charge in [-0.05, 0) is 39.2 Å². The number of carbonyl (C=O) groups excluding carboxylic acids is 2. The van der Waals surface area contributed by atoms with Crippen molar-refractivity contribution in [2.24, 2.45) is 0 Å². The van der Waals surface area contributed by atoms with Crippen LogP contribution >= 0.6 is 0 Å². The first-order valence-corrected chi connectivity index (χ1v) is 10.0. The van der Waals surface area contributed by atoms with Crippen molar-refractivity contribution in [2.45, 2.75) is 59.0 Å². The summed E-state index contributed by atoms with van der Waals surface area (Å²) in [6, 6.07) is 0. The van der Waals surface area contributed by atoms with Gasteiger partial charge in [-0.2, -0.15) is 0 Å². The Balaban J connectivity index is -0.000000399. The van der Waals surface area contributed by atoms with Crippen molar-refractivity contribution in [1.82, 2.24) is 5.32 Å². The summed E-state index contributed by atoms with van der Waals surface area (Å²) in [6.45, 7) is 17.8. The number of carboxylic acids is 1. The largest absolute Gasteiger partial charge is 0.478 e. The lowest BCUT2D eigenvalue weighted by Gasteiger charge is -2.13. The molecular weight excluding hydrogens is 390 g/mol. The highest BCUT2D eigenvalue weighted by atomic mass is 16.5. The second-order valence-corrected chi connectivity index (χ2v) is 6.10. The Morgan fingerprint density at radius 2 is 1.70 bits per heavy atom. The number of aliphatic hydroxyl groups is 1. The maximum atomic E-state index is 10.9. The van der Waals surface area contributed by atoms with E-state index in [0.29, 0.717) is 25.0 Å². The topological polar surface area (TPSA) is 122 Å². The molecule has 0 aromatic carbocycles. The third kappa shape index (κ3) is 27.8. The van der Waals surface area contributed by atoms with Crippen LogP contribution in [0.3, 0.4) is 0 Å². The van der Waals surface area contributed by atoms with E-state index in [4.69, 9.17) is 19.7 Å². The molecule has 0 fully saturated rings. The first kappa shape index (κ1) is 32.2. The van der Waals surface area contributed by atoms with E-state index < -0.39 is 5.97 Å². The number of rotatable bonds is 14. The van der Waals surface area contributed by atoms with Crippen molar-refractivity contribution in [3.05, 3.63) is 37.5 Å². The molecule has 0 rings (SSSR count). The highest BCUT2D eigenvalue weighted by Gasteiger charge is 2.08. The normalized spacial score (nSPS) is 10.1. The second-order valence-electron chi connectivity index (χ2n) is 6.10. The van der Waals surface area contributed by atoms with Crippen LogP contribution < -0.4 is 5.32 Å². The summed E-state index contributed by atoms with van der Waals surface area (Å²) in [5.74, 6) is -1.68. The monoisotopic (exact) mass is 429 g/mol. The molecule has 0 aliphatic carbocycles. The molecule has 8 nitrogen and oxygen atoms in total. The number of carboxylic acid groups (broad SMARTS) is 1. The average Bonchev–Trinajstić information content (AvgIpc) is 2.73. The van der Waals surface area contributed by atoms with Gasteiger partial charge in [0, 0.05) is 30.9 Å². The Hall–Kier alpha value is -2.45. The van der Waals surface area contributed by atoms with Crippen LogP contribution in [0.4, 0.5) is 0 Å². The Morgan fingerprint density at radius 3 is 2.10 bits per heavy atom. The Bertz CT molecular complexity index is 504. The fourth-order valence-electron chi connectivity index (χ4n) is 1.64. The maximum absolute atomic E-state index is 10.9. The number of unbranched alkanes of at least 4 members (excludes halogenated alkanes) is 1. The number of ether oxygens (including phenoxy) is 2. The third-order valence-corrected chi connectivity index (χ3v) is 3.33. The van der Waals surface area contributed by atoms with E-state index >= 15 is 0 Å². The summed E-state index contributed by atoms with van der Waals surface area (Å²) in [4.78, 5) is 30.9. The third-order valence-electron chi connectivity index (χ3n) is 3.33. The van der Waals surface area contributed by atoms with E-state index in [0.717, 1.165) is 38.1 Å². The maximum Gasteiger partial charge on any atom is 0.333 e. The molecule has 0 aromatic heterocycles. The van der Waals surface area contributed by atoms with E-state index in [2.05, 4.69) is 32.0 Å². The van der Waals surface area contributed by atoms with E-state index in [1.165, 1.54) is 6.42 Å². The minimum Gasteiger partial charge on any atom is -0.478 e. The SMILES string of the molecule is C=C(C)C(=O)OCCNCCCC.C=CC(=O)O.C=CC(=O)OC(CC)CCCO. The summed E-state index contributed by atoms with van der Waals surface area (Å²) in [5.41, 5.74) is 0.452. The minimum atomic E-state index is -0.981. The van der Waals surface area contributed by atoms with E-state index in [9.17, 15) is 14.4 Å². The van der Waals surface area contributed by atoms with Gasteiger partial charge in [0.05, 0.1) is 0 Å². The zero-order chi connectivity index (χ0) is 23.8. The summed E-state index contributed by atoms with van der Waals surface area (Å²) < 4.78 is 9.87. The van der Waals surface area contributed by atoms with Crippen LogP contribution in [-0.4, -0.2) is 60.5 Å². The molecule has 1 unspecified atom stereocenters. The molecule has 0 spiro atoms. The summed E-state index contributed by atoms with van der Waals surface area (Å²) >= 11 is 0. The molecule has 30 heavy (non-hydrogen) atoms. The van der Waals surface area contributed by atoms with Gasteiger partial charge in [-0.3, -0.25) is 0 Å². The van der Waals surface area contributed by atoms with Gasteiger partial charge in [-0.1, -0.05) is 40.0 Å². The highest BCUT2D eigenvalue weighted by Crippen LogP contribution is 2.06. The number of aliphatic hydroxyl groups excluding tert-OH is 1. The molecule has 0 aliphatic heterocycles. The van der Waals surface area contributed by atoms with Crippen molar-refractivity contribution >= 4 is 17.9 Å². The Labute approximate surface area is 180 Å². The van der Waals surface area contributed by atoms with Gasteiger partial charge in [-0.25, -0.2) is 14.4 Å². The van der Waals surface area contributed by atoms with Crippen LogP contribution in [0.2, 0.25) is 0 Å². The quantitative estimate of drug-likeness (QED) is 0.219. The second kappa shape index (κ2) is 24.6. The van der Waals surface area contributed by atoms with Gasteiger partial charge in [-0.15, -0.1) is 0 Å². The molecule has 1 atom stereocenters. The summed E-state index contributed by atoms with van der Waals surface area (Å²) in [7, 11) is 0. The molecule has 0 aromatic rings. The number of carbonyl (C=O) groups is 3. The molecule has 0 radical (unpaired) electrons. The van der Waals surface area contributed by atoms with Crippen LogP contribution in [0.25, 0.3) is 0 Å². The minimum absolute atomic E-state index is 0.0809. The number of hydrogen-bond acceptors (Lipinski definition) is 7. The summed E-state index contributed by atoms with van der Waals surface area (Å²) in [6.07, 6.45) is 6.41. The molecule has 8 heteroatoms. The van der Waals surface area contributed by atoms with Crippen molar-refractivity contribution in [3.8, 4) is 0 Å².